The van der Waals surface area contributed by atoms with Gasteiger partial charge in [0.2, 0.25) is 5.91 Å². The lowest BCUT2D eigenvalue weighted by molar-refractivity contribution is -0.127. The average molecular weight is 262 g/mol. The molecule has 1 fully saturated rings. The molecule has 104 valence electrons. The van der Waals surface area contributed by atoms with Crippen molar-refractivity contribution < 1.29 is 9.53 Å². The number of hydrogen-bond donors (Lipinski definition) is 2. The van der Waals surface area contributed by atoms with Crippen molar-refractivity contribution in [3.63, 3.8) is 0 Å². The first-order valence-corrected chi connectivity index (χ1v) is 6.95. The van der Waals surface area contributed by atoms with Gasteiger partial charge < -0.3 is 15.8 Å². The van der Waals surface area contributed by atoms with Crippen LogP contribution in [-0.2, 0) is 16.1 Å². The van der Waals surface area contributed by atoms with Gasteiger partial charge in [0, 0.05) is 11.7 Å². The second-order valence-corrected chi connectivity index (χ2v) is 5.14. The maximum absolute atomic E-state index is 11.7. The van der Waals surface area contributed by atoms with Gasteiger partial charge in [-0.15, -0.1) is 0 Å². The van der Waals surface area contributed by atoms with Crippen molar-refractivity contribution >= 4 is 11.6 Å². The molecule has 0 bridgehead atoms. The predicted octanol–water partition coefficient (Wildman–Crippen LogP) is 2.23. The van der Waals surface area contributed by atoms with Crippen molar-refractivity contribution in [3.05, 3.63) is 29.8 Å². The molecular formula is C15H22N2O2. The molecule has 3 N–H and O–H groups in total. The van der Waals surface area contributed by atoms with E-state index in [2.05, 4.69) is 5.32 Å². The molecule has 4 nitrogen and oxygen atoms in total. The highest BCUT2D eigenvalue weighted by Gasteiger charge is 2.15. The first-order valence-electron chi connectivity index (χ1n) is 6.95. The Morgan fingerprint density at radius 3 is 2.58 bits per heavy atom. The highest BCUT2D eigenvalue weighted by Crippen LogP contribution is 2.17. The summed E-state index contributed by atoms with van der Waals surface area (Å²) in [6.07, 6.45) is 5.93. The number of anilines is 1. The number of hydrogen-bond acceptors (Lipinski definition) is 3. The van der Waals surface area contributed by atoms with Crippen LogP contribution in [0.4, 0.5) is 5.69 Å². The van der Waals surface area contributed by atoms with Crippen LogP contribution in [-0.4, -0.2) is 18.6 Å². The summed E-state index contributed by atoms with van der Waals surface area (Å²) in [5.74, 6) is -0.0117. The van der Waals surface area contributed by atoms with E-state index >= 15 is 0 Å². The molecule has 19 heavy (non-hydrogen) atoms. The molecule has 0 aliphatic heterocycles. The molecule has 2 rings (SSSR count). The molecule has 0 radical (unpaired) electrons. The van der Waals surface area contributed by atoms with Crippen LogP contribution < -0.4 is 11.1 Å². The third kappa shape index (κ3) is 4.91. The first-order chi connectivity index (χ1) is 9.24. The van der Waals surface area contributed by atoms with Crippen molar-refractivity contribution in [3.8, 4) is 0 Å². The number of amides is 1. The minimum atomic E-state index is -0.0117. The molecule has 0 unspecified atom stereocenters. The maximum atomic E-state index is 11.7. The van der Waals surface area contributed by atoms with E-state index in [4.69, 9.17) is 10.5 Å². The fourth-order valence-electron chi connectivity index (χ4n) is 2.39. The van der Waals surface area contributed by atoms with Gasteiger partial charge in [-0.25, -0.2) is 0 Å². The van der Waals surface area contributed by atoms with E-state index in [1.165, 1.54) is 19.3 Å². The Balaban J connectivity index is 1.64. The smallest absolute Gasteiger partial charge is 0.246 e. The van der Waals surface area contributed by atoms with Gasteiger partial charge in [0.1, 0.15) is 6.61 Å². The lowest BCUT2D eigenvalue weighted by atomic mass is 9.95. The zero-order valence-electron chi connectivity index (χ0n) is 11.2. The van der Waals surface area contributed by atoms with Crippen LogP contribution in [0.25, 0.3) is 0 Å². The number of ether oxygens (including phenoxy) is 1. The number of carbonyl (C=O) groups is 1. The maximum Gasteiger partial charge on any atom is 0.246 e. The summed E-state index contributed by atoms with van der Waals surface area (Å²) in [4.78, 5) is 11.7. The molecule has 1 amide bonds. The van der Waals surface area contributed by atoms with Crippen LogP contribution in [0.3, 0.4) is 0 Å². The first kappa shape index (κ1) is 13.9. The van der Waals surface area contributed by atoms with E-state index in [1.54, 1.807) is 0 Å². The van der Waals surface area contributed by atoms with E-state index in [1.807, 2.05) is 24.3 Å². The summed E-state index contributed by atoms with van der Waals surface area (Å²) in [5.41, 5.74) is 7.37. The minimum Gasteiger partial charge on any atom is -0.399 e. The van der Waals surface area contributed by atoms with Crippen molar-refractivity contribution in [1.82, 2.24) is 5.32 Å². The van der Waals surface area contributed by atoms with Crippen LogP contribution in [0.1, 0.15) is 37.7 Å². The molecule has 0 saturated heterocycles. The van der Waals surface area contributed by atoms with Crippen LogP contribution in [0.5, 0.6) is 0 Å². The van der Waals surface area contributed by atoms with Crippen molar-refractivity contribution in [2.75, 3.05) is 12.3 Å². The van der Waals surface area contributed by atoms with Crippen molar-refractivity contribution in [2.45, 2.75) is 44.8 Å². The summed E-state index contributed by atoms with van der Waals surface area (Å²) in [7, 11) is 0. The normalized spacial score (nSPS) is 16.2. The van der Waals surface area contributed by atoms with Gasteiger partial charge in [0.25, 0.3) is 0 Å². The lowest BCUT2D eigenvalue weighted by Crippen LogP contribution is -2.38. The molecule has 0 heterocycles. The molecule has 0 spiro atoms. The topological polar surface area (TPSA) is 64.3 Å². The number of rotatable bonds is 5. The predicted molar refractivity (Wildman–Crippen MR) is 75.5 cm³/mol. The van der Waals surface area contributed by atoms with Crippen LogP contribution in [0.2, 0.25) is 0 Å². The molecule has 1 aliphatic carbocycles. The number of benzene rings is 1. The minimum absolute atomic E-state index is 0.0117. The summed E-state index contributed by atoms with van der Waals surface area (Å²) in [6, 6.07) is 7.84. The van der Waals surface area contributed by atoms with Crippen LogP contribution in [0.15, 0.2) is 24.3 Å². The standard InChI is InChI=1S/C15H22N2O2/c16-13-8-6-12(7-9-13)10-19-11-15(18)17-14-4-2-1-3-5-14/h6-9,14H,1-5,10-11,16H2,(H,17,18). The van der Waals surface area contributed by atoms with Crippen LogP contribution in [0, 0.1) is 0 Å². The molecule has 1 saturated carbocycles. The van der Waals surface area contributed by atoms with Gasteiger partial charge in [-0.3, -0.25) is 4.79 Å². The Bertz CT molecular complexity index is 397. The van der Waals surface area contributed by atoms with Crippen molar-refractivity contribution in [1.29, 1.82) is 0 Å². The second kappa shape index (κ2) is 7.14. The molecule has 0 atom stereocenters. The number of nitrogens with two attached hydrogens (primary N) is 1. The number of nitrogens with one attached hydrogen (secondary N) is 1. The number of nitrogen functional groups attached to an aromatic ring is 1. The molecule has 1 aromatic rings. The monoisotopic (exact) mass is 262 g/mol. The summed E-state index contributed by atoms with van der Waals surface area (Å²) < 4.78 is 5.41. The van der Waals surface area contributed by atoms with Gasteiger partial charge in [-0.2, -0.15) is 0 Å². The van der Waals surface area contributed by atoms with Gasteiger partial charge in [0.05, 0.1) is 6.61 Å². The van der Waals surface area contributed by atoms with E-state index in [0.717, 1.165) is 24.1 Å². The summed E-state index contributed by atoms with van der Waals surface area (Å²) in [6.45, 7) is 0.569. The van der Waals surface area contributed by atoms with E-state index in [-0.39, 0.29) is 12.5 Å². The number of carbonyl (C=O) groups excluding carboxylic acids is 1. The molecular weight excluding hydrogens is 240 g/mol. The third-order valence-corrected chi connectivity index (χ3v) is 3.45. The zero-order valence-corrected chi connectivity index (χ0v) is 11.2. The fourth-order valence-corrected chi connectivity index (χ4v) is 2.39. The van der Waals surface area contributed by atoms with Crippen LogP contribution >= 0.6 is 0 Å². The van der Waals surface area contributed by atoms with E-state index in [0.29, 0.717) is 12.6 Å². The van der Waals surface area contributed by atoms with E-state index in [9.17, 15) is 4.79 Å². The van der Waals surface area contributed by atoms with Crippen molar-refractivity contribution in [2.24, 2.45) is 0 Å². The third-order valence-electron chi connectivity index (χ3n) is 3.45. The quantitative estimate of drug-likeness (QED) is 0.800. The Morgan fingerprint density at radius 1 is 1.21 bits per heavy atom. The Morgan fingerprint density at radius 2 is 1.89 bits per heavy atom. The molecule has 4 heteroatoms. The highest BCUT2D eigenvalue weighted by molar-refractivity contribution is 5.77. The molecule has 1 aliphatic rings. The largest absolute Gasteiger partial charge is 0.399 e. The van der Waals surface area contributed by atoms with Gasteiger partial charge >= 0.3 is 0 Å². The molecule has 0 aromatic heterocycles. The fraction of sp³-hybridized carbons (Fsp3) is 0.533. The lowest BCUT2D eigenvalue weighted by Gasteiger charge is -2.22. The zero-order chi connectivity index (χ0) is 13.5. The molecule has 1 aromatic carbocycles. The summed E-state index contributed by atoms with van der Waals surface area (Å²) >= 11 is 0. The average Bonchev–Trinajstić information content (AvgIpc) is 2.42. The second-order valence-electron chi connectivity index (χ2n) is 5.14. The Kier molecular flexibility index (Phi) is 5.21. The Labute approximate surface area is 114 Å². The van der Waals surface area contributed by atoms with Gasteiger partial charge in [0.15, 0.2) is 0 Å². The van der Waals surface area contributed by atoms with Gasteiger partial charge in [-0.1, -0.05) is 31.4 Å². The van der Waals surface area contributed by atoms with Gasteiger partial charge in [-0.05, 0) is 30.5 Å². The SMILES string of the molecule is Nc1ccc(COCC(=O)NC2CCCCC2)cc1. The van der Waals surface area contributed by atoms with E-state index < -0.39 is 0 Å². The Hall–Kier alpha value is -1.55. The highest BCUT2D eigenvalue weighted by atomic mass is 16.5. The summed E-state index contributed by atoms with van der Waals surface area (Å²) in [5, 5.41) is 3.03.